The Bertz CT molecular complexity index is 1270. The van der Waals surface area contributed by atoms with Gasteiger partial charge in [-0.3, -0.25) is 19.0 Å². The van der Waals surface area contributed by atoms with Gasteiger partial charge in [-0.2, -0.15) is 0 Å². The van der Waals surface area contributed by atoms with E-state index in [-0.39, 0.29) is 17.6 Å². The number of nitrogens with zero attached hydrogens (tertiary/aromatic N) is 5. The van der Waals surface area contributed by atoms with E-state index in [4.69, 9.17) is 0 Å². The summed E-state index contributed by atoms with van der Waals surface area (Å²) in [6.07, 6.45) is 1.73. The Morgan fingerprint density at radius 2 is 1.82 bits per heavy atom. The number of likely N-dealkylation sites (N-methyl/N-ethyl adjacent to an activating group) is 1. The van der Waals surface area contributed by atoms with E-state index in [1.165, 1.54) is 17.7 Å². The number of aromatic nitrogens is 3. The molecule has 1 N–H and O–H groups in total. The van der Waals surface area contributed by atoms with E-state index in [1.54, 1.807) is 30.5 Å². The summed E-state index contributed by atoms with van der Waals surface area (Å²) in [6, 6.07) is 20.0. The summed E-state index contributed by atoms with van der Waals surface area (Å²) in [5, 5.41) is 11.4. The third kappa shape index (κ3) is 4.48. The molecule has 1 amide bonds. The molecule has 1 fully saturated rings. The largest absolute Gasteiger partial charge is 0.319 e. The van der Waals surface area contributed by atoms with Gasteiger partial charge in [0.05, 0.1) is 17.3 Å². The molecule has 8 heteroatoms. The summed E-state index contributed by atoms with van der Waals surface area (Å²) in [5.41, 5.74) is 2.50. The van der Waals surface area contributed by atoms with Crippen LogP contribution in [-0.4, -0.2) is 57.0 Å². The summed E-state index contributed by atoms with van der Waals surface area (Å²) in [4.78, 5) is 17.5. The maximum Gasteiger partial charge on any atom is 0.257 e. The monoisotopic (exact) mass is 444 g/mol. The van der Waals surface area contributed by atoms with E-state index >= 15 is 0 Å². The fraction of sp³-hybridized carbons (Fsp3) is 0.240. The second-order valence-corrected chi connectivity index (χ2v) is 8.36. The van der Waals surface area contributed by atoms with Crippen LogP contribution in [0.25, 0.3) is 5.65 Å². The highest BCUT2D eigenvalue weighted by molar-refractivity contribution is 6.04. The molecular weight excluding hydrogens is 419 g/mol. The van der Waals surface area contributed by atoms with Crippen LogP contribution in [0.2, 0.25) is 0 Å². The lowest BCUT2D eigenvalue weighted by Gasteiger charge is -2.38. The van der Waals surface area contributed by atoms with Crippen LogP contribution in [0.3, 0.4) is 0 Å². The van der Waals surface area contributed by atoms with Crippen LogP contribution in [0.4, 0.5) is 10.1 Å². The number of carbonyl (C=O) groups excluding carboxylic acids is 1. The zero-order valence-corrected chi connectivity index (χ0v) is 18.4. The van der Waals surface area contributed by atoms with Gasteiger partial charge >= 0.3 is 0 Å². The molecule has 168 valence electrons. The lowest BCUT2D eigenvalue weighted by Crippen LogP contribution is -2.46. The predicted molar refractivity (Wildman–Crippen MR) is 124 cm³/mol. The minimum absolute atomic E-state index is 0.0299. The molecule has 0 unspecified atom stereocenters. The summed E-state index contributed by atoms with van der Waals surface area (Å²) in [6.45, 7) is 3.55. The molecular formula is C25H25FN6O. The normalized spacial score (nSPS) is 17.3. The molecule has 0 spiro atoms. The van der Waals surface area contributed by atoms with Crippen LogP contribution < -0.4 is 5.32 Å². The number of benzene rings is 2. The van der Waals surface area contributed by atoms with Crippen molar-refractivity contribution in [1.29, 1.82) is 0 Å². The molecule has 7 nitrogen and oxygen atoms in total. The van der Waals surface area contributed by atoms with Crippen LogP contribution >= 0.6 is 0 Å². The number of halogens is 1. The van der Waals surface area contributed by atoms with Crippen molar-refractivity contribution in [2.45, 2.75) is 12.6 Å². The Morgan fingerprint density at radius 3 is 2.64 bits per heavy atom. The number of fused-ring (bicyclic) bond motifs is 1. The smallest absolute Gasteiger partial charge is 0.257 e. The summed E-state index contributed by atoms with van der Waals surface area (Å²) in [5.74, 6) is -0.0746. The second kappa shape index (κ2) is 9.09. The summed E-state index contributed by atoms with van der Waals surface area (Å²) in [7, 11) is 2.08. The number of pyridine rings is 1. The summed E-state index contributed by atoms with van der Waals surface area (Å²) >= 11 is 0. The van der Waals surface area contributed by atoms with E-state index < -0.39 is 5.82 Å². The highest BCUT2D eigenvalue weighted by Crippen LogP contribution is 2.25. The van der Waals surface area contributed by atoms with Crippen molar-refractivity contribution in [3.63, 3.8) is 0 Å². The number of carbonyl (C=O) groups is 1. The Labute approximate surface area is 191 Å². The minimum Gasteiger partial charge on any atom is -0.319 e. The zero-order valence-electron chi connectivity index (χ0n) is 18.4. The number of nitrogens with one attached hydrogen (secondary N) is 1. The van der Waals surface area contributed by atoms with Crippen molar-refractivity contribution in [2.24, 2.45) is 0 Å². The van der Waals surface area contributed by atoms with Crippen LogP contribution in [0.5, 0.6) is 0 Å². The third-order valence-corrected chi connectivity index (χ3v) is 6.09. The van der Waals surface area contributed by atoms with Crippen molar-refractivity contribution < 1.29 is 9.18 Å². The average Bonchev–Trinajstić information content (AvgIpc) is 3.25. The number of hydrogen-bond acceptors (Lipinski definition) is 5. The van der Waals surface area contributed by atoms with Gasteiger partial charge in [-0.1, -0.05) is 42.5 Å². The average molecular weight is 445 g/mol. The molecule has 4 aromatic rings. The molecule has 0 bridgehead atoms. The van der Waals surface area contributed by atoms with Gasteiger partial charge in [-0.05, 0) is 36.9 Å². The molecule has 5 rings (SSSR count). The van der Waals surface area contributed by atoms with Gasteiger partial charge in [-0.25, -0.2) is 4.39 Å². The fourth-order valence-electron chi connectivity index (χ4n) is 4.22. The third-order valence-electron chi connectivity index (χ3n) is 6.09. The molecule has 1 saturated heterocycles. The first-order valence-corrected chi connectivity index (χ1v) is 11.0. The molecule has 33 heavy (non-hydrogen) atoms. The first-order valence-electron chi connectivity index (χ1n) is 11.0. The standard InChI is InChI=1S/C25H25FN6O/c1-30-13-14-31(15-18-7-3-2-4-8-18)17-22(30)24-29-28-23-12-11-19(16-32(23)24)25(33)27-21-10-6-5-9-20(21)26/h2-12,16,22H,13-15,17H2,1H3,(H,27,33)/t22-/m1/s1. The van der Waals surface area contributed by atoms with E-state index in [9.17, 15) is 9.18 Å². The number of piperazine rings is 1. The first kappa shape index (κ1) is 21.2. The van der Waals surface area contributed by atoms with Crippen LogP contribution in [0.1, 0.15) is 27.8 Å². The predicted octanol–water partition coefficient (Wildman–Crippen LogP) is 3.61. The van der Waals surface area contributed by atoms with Crippen LogP contribution in [0, 0.1) is 5.82 Å². The number of hydrogen-bond donors (Lipinski definition) is 1. The van der Waals surface area contributed by atoms with Crippen molar-refractivity contribution in [3.8, 4) is 0 Å². The molecule has 1 aliphatic rings. The fourth-order valence-corrected chi connectivity index (χ4v) is 4.22. The Kier molecular flexibility index (Phi) is 5.85. The number of anilines is 1. The quantitative estimate of drug-likeness (QED) is 0.510. The van der Waals surface area contributed by atoms with Gasteiger partial charge < -0.3 is 5.32 Å². The van der Waals surface area contributed by atoms with Gasteiger partial charge in [0.15, 0.2) is 11.5 Å². The van der Waals surface area contributed by atoms with Crippen molar-refractivity contribution >= 4 is 17.2 Å². The zero-order chi connectivity index (χ0) is 22.8. The molecule has 0 radical (unpaired) electrons. The topological polar surface area (TPSA) is 65.8 Å². The summed E-state index contributed by atoms with van der Waals surface area (Å²) < 4.78 is 15.8. The number of rotatable bonds is 5. The molecule has 1 atom stereocenters. The van der Waals surface area contributed by atoms with Gasteiger partial charge in [0.1, 0.15) is 5.82 Å². The Hall–Kier alpha value is -3.62. The van der Waals surface area contributed by atoms with E-state index in [0.29, 0.717) is 11.2 Å². The highest BCUT2D eigenvalue weighted by Gasteiger charge is 2.29. The highest BCUT2D eigenvalue weighted by atomic mass is 19.1. The van der Waals surface area contributed by atoms with Crippen LogP contribution in [0.15, 0.2) is 72.9 Å². The van der Waals surface area contributed by atoms with E-state index in [2.05, 4.69) is 56.6 Å². The van der Waals surface area contributed by atoms with E-state index in [1.807, 2.05) is 10.5 Å². The maximum absolute atomic E-state index is 14.0. The molecule has 0 aliphatic carbocycles. The van der Waals surface area contributed by atoms with Gasteiger partial charge in [-0.15, -0.1) is 10.2 Å². The molecule has 2 aromatic carbocycles. The Balaban J connectivity index is 1.39. The van der Waals surface area contributed by atoms with Crippen molar-refractivity contribution in [1.82, 2.24) is 24.4 Å². The lowest BCUT2D eigenvalue weighted by molar-refractivity contribution is 0.0852. The van der Waals surface area contributed by atoms with Gasteiger partial charge in [0, 0.05) is 32.4 Å². The van der Waals surface area contributed by atoms with Gasteiger partial charge in [0.25, 0.3) is 5.91 Å². The maximum atomic E-state index is 14.0. The molecule has 3 heterocycles. The number of amides is 1. The molecule has 0 saturated carbocycles. The lowest BCUT2D eigenvalue weighted by atomic mass is 10.1. The van der Waals surface area contributed by atoms with Gasteiger partial charge in [0.2, 0.25) is 0 Å². The van der Waals surface area contributed by atoms with Crippen molar-refractivity contribution in [2.75, 3.05) is 32.0 Å². The van der Waals surface area contributed by atoms with E-state index in [0.717, 1.165) is 32.0 Å². The Morgan fingerprint density at radius 1 is 1.03 bits per heavy atom. The molecule has 2 aromatic heterocycles. The minimum atomic E-state index is -0.473. The van der Waals surface area contributed by atoms with Crippen molar-refractivity contribution in [3.05, 3.63) is 95.7 Å². The second-order valence-electron chi connectivity index (χ2n) is 8.36. The first-order chi connectivity index (χ1) is 16.1. The van der Waals surface area contributed by atoms with Crippen LogP contribution in [-0.2, 0) is 6.54 Å². The number of para-hydroxylation sites is 1. The SMILES string of the molecule is CN1CCN(Cc2ccccc2)C[C@@H]1c1nnc2ccc(C(=O)Nc3ccccc3F)cn12. The molecule has 1 aliphatic heterocycles.